The van der Waals surface area contributed by atoms with Gasteiger partial charge in [-0.3, -0.25) is 4.79 Å². The van der Waals surface area contributed by atoms with Gasteiger partial charge >= 0.3 is 0 Å². The van der Waals surface area contributed by atoms with Crippen LogP contribution in [0.1, 0.15) is 33.0 Å². The molecule has 6 nitrogen and oxygen atoms in total. The van der Waals surface area contributed by atoms with Crippen LogP contribution >= 0.6 is 0 Å². The van der Waals surface area contributed by atoms with Crippen molar-refractivity contribution in [1.82, 2.24) is 9.97 Å². The summed E-state index contributed by atoms with van der Waals surface area (Å²) in [5.74, 6) is 0.519. The summed E-state index contributed by atoms with van der Waals surface area (Å²) >= 11 is 0. The third kappa shape index (κ3) is 3.10. The molecule has 0 radical (unpaired) electrons. The zero-order valence-electron chi connectivity index (χ0n) is 15.7. The molecule has 3 rings (SSSR count). The second-order valence-electron chi connectivity index (χ2n) is 7.37. The van der Waals surface area contributed by atoms with Crippen molar-refractivity contribution in [3.05, 3.63) is 42.4 Å². The van der Waals surface area contributed by atoms with Gasteiger partial charge in [0.25, 0.3) is 0 Å². The minimum atomic E-state index is -0.950. The molecule has 1 aromatic heterocycles. The van der Waals surface area contributed by atoms with E-state index in [0.717, 1.165) is 11.3 Å². The van der Waals surface area contributed by atoms with Gasteiger partial charge in [-0.2, -0.15) is 0 Å². The Labute approximate surface area is 154 Å². The van der Waals surface area contributed by atoms with Gasteiger partial charge < -0.3 is 15.8 Å². The molecule has 1 heterocycles. The van der Waals surface area contributed by atoms with Gasteiger partial charge in [0.2, 0.25) is 5.91 Å². The number of hydrogen-bond acceptors (Lipinski definition) is 5. The molecule has 1 fully saturated rings. The fourth-order valence-electron chi connectivity index (χ4n) is 3.44. The summed E-state index contributed by atoms with van der Waals surface area (Å²) in [6.07, 6.45) is 2.24. The van der Waals surface area contributed by atoms with Crippen molar-refractivity contribution in [2.24, 2.45) is 11.1 Å². The van der Waals surface area contributed by atoms with Gasteiger partial charge in [0.15, 0.2) is 0 Å². The number of benzene rings is 1. The lowest BCUT2D eigenvalue weighted by molar-refractivity contribution is -0.166. The molecule has 0 spiro atoms. The van der Waals surface area contributed by atoms with E-state index in [2.05, 4.69) is 15.3 Å². The average molecular weight is 354 g/mol. The summed E-state index contributed by atoms with van der Waals surface area (Å²) in [7, 11) is 0. The Hall–Kier alpha value is -2.31. The van der Waals surface area contributed by atoms with Gasteiger partial charge in [-0.25, -0.2) is 9.97 Å². The van der Waals surface area contributed by atoms with E-state index in [0.29, 0.717) is 24.5 Å². The molecule has 138 valence electrons. The van der Waals surface area contributed by atoms with E-state index < -0.39 is 11.0 Å². The number of nitrogens with zero attached hydrogens (tertiary/aromatic N) is 2. The minimum Gasteiger partial charge on any atom is -0.378 e. The van der Waals surface area contributed by atoms with E-state index >= 15 is 0 Å². The first kappa shape index (κ1) is 18.5. The molecular formula is C20H26N4O2. The highest BCUT2D eigenvalue weighted by Gasteiger charge is 2.62. The van der Waals surface area contributed by atoms with Crippen molar-refractivity contribution in [3.8, 4) is 11.3 Å². The summed E-state index contributed by atoms with van der Waals surface area (Å²) in [6.45, 7) is 8.38. The third-order valence-electron chi connectivity index (χ3n) is 5.43. The fraction of sp³-hybridized carbons (Fsp3) is 0.450. The summed E-state index contributed by atoms with van der Waals surface area (Å²) in [5.41, 5.74) is 7.51. The molecule has 2 atom stereocenters. The predicted octanol–water partition coefficient (Wildman–Crippen LogP) is 2.92. The molecule has 1 saturated carbocycles. The van der Waals surface area contributed by atoms with Crippen LogP contribution in [-0.4, -0.2) is 34.1 Å². The fourth-order valence-corrected chi connectivity index (χ4v) is 3.44. The zero-order chi connectivity index (χ0) is 18.9. The number of nitrogens with two attached hydrogens (primary N) is 1. The number of carbonyl (C=O) groups is 1. The second-order valence-corrected chi connectivity index (χ2v) is 7.37. The normalized spacial score (nSPS) is 24.0. The monoisotopic (exact) mass is 354 g/mol. The lowest BCUT2D eigenvalue weighted by Crippen LogP contribution is -2.74. The molecular weight excluding hydrogens is 328 g/mol. The van der Waals surface area contributed by atoms with Crippen LogP contribution in [0.25, 0.3) is 11.3 Å². The highest BCUT2D eigenvalue weighted by molar-refractivity contribution is 6.00. The van der Waals surface area contributed by atoms with Crippen LogP contribution in [-0.2, 0) is 9.53 Å². The smallest absolute Gasteiger partial charge is 0.245 e. The maximum atomic E-state index is 12.9. The number of anilines is 1. The standard InChI is InChI=1S/C20H26N4O2/c1-5-26-17-12-20(21,19(17,3)4)18(25)24-15-8-6-7-14(11-15)16-9-10-22-13(2)23-16/h6-11,17H,5,12,21H2,1-4H3,(H,24,25). The number of amides is 1. The molecule has 3 N–H and O–H groups in total. The van der Waals surface area contributed by atoms with E-state index in [9.17, 15) is 4.79 Å². The lowest BCUT2D eigenvalue weighted by Gasteiger charge is -2.57. The Kier molecular flexibility index (Phi) is 4.82. The molecule has 0 aliphatic heterocycles. The minimum absolute atomic E-state index is 0.00132. The number of aryl methyl sites for hydroxylation is 1. The van der Waals surface area contributed by atoms with Gasteiger partial charge in [-0.15, -0.1) is 0 Å². The zero-order valence-corrected chi connectivity index (χ0v) is 15.7. The molecule has 1 amide bonds. The van der Waals surface area contributed by atoms with Gasteiger partial charge in [-0.1, -0.05) is 26.0 Å². The van der Waals surface area contributed by atoms with Crippen molar-refractivity contribution < 1.29 is 9.53 Å². The van der Waals surface area contributed by atoms with Gasteiger partial charge in [-0.05, 0) is 32.0 Å². The highest BCUT2D eigenvalue weighted by Crippen LogP contribution is 2.50. The first-order chi connectivity index (χ1) is 12.3. The highest BCUT2D eigenvalue weighted by atomic mass is 16.5. The van der Waals surface area contributed by atoms with E-state index in [4.69, 9.17) is 10.5 Å². The Bertz CT molecular complexity index is 821. The summed E-state index contributed by atoms with van der Waals surface area (Å²) in [5, 5.41) is 2.96. The SMILES string of the molecule is CCOC1CC(N)(C(=O)Nc2cccc(-c3ccnc(C)n3)c2)C1(C)C. The number of hydrogen-bond donors (Lipinski definition) is 2. The summed E-state index contributed by atoms with van der Waals surface area (Å²) in [6, 6.07) is 9.44. The molecule has 1 aliphatic rings. The quantitative estimate of drug-likeness (QED) is 0.861. The maximum Gasteiger partial charge on any atom is 0.245 e. The van der Waals surface area contributed by atoms with Crippen LogP contribution < -0.4 is 11.1 Å². The Morgan fingerprint density at radius 2 is 2.15 bits per heavy atom. The lowest BCUT2D eigenvalue weighted by atomic mass is 9.54. The van der Waals surface area contributed by atoms with E-state index in [-0.39, 0.29) is 12.0 Å². The first-order valence-electron chi connectivity index (χ1n) is 8.90. The third-order valence-corrected chi connectivity index (χ3v) is 5.43. The van der Waals surface area contributed by atoms with Crippen molar-refractivity contribution in [3.63, 3.8) is 0 Å². The molecule has 1 aliphatic carbocycles. The maximum absolute atomic E-state index is 12.9. The number of carbonyl (C=O) groups excluding carboxylic acids is 1. The molecule has 6 heteroatoms. The Balaban J connectivity index is 1.78. The molecule has 2 unspecified atom stereocenters. The first-order valence-corrected chi connectivity index (χ1v) is 8.90. The Morgan fingerprint density at radius 1 is 1.38 bits per heavy atom. The Morgan fingerprint density at radius 3 is 2.81 bits per heavy atom. The van der Waals surface area contributed by atoms with Crippen molar-refractivity contribution in [2.75, 3.05) is 11.9 Å². The van der Waals surface area contributed by atoms with Crippen LogP contribution in [0, 0.1) is 12.3 Å². The van der Waals surface area contributed by atoms with Crippen molar-refractivity contribution in [2.45, 2.75) is 45.8 Å². The number of ether oxygens (including phenoxy) is 1. The molecule has 1 aromatic carbocycles. The molecule has 0 saturated heterocycles. The second kappa shape index (κ2) is 6.78. The van der Waals surface area contributed by atoms with E-state index in [1.54, 1.807) is 6.20 Å². The number of nitrogens with one attached hydrogen (secondary N) is 1. The molecule has 0 bridgehead atoms. The van der Waals surface area contributed by atoms with E-state index in [1.165, 1.54) is 0 Å². The summed E-state index contributed by atoms with van der Waals surface area (Å²) < 4.78 is 5.70. The van der Waals surface area contributed by atoms with Gasteiger partial charge in [0.05, 0.1) is 11.8 Å². The largest absolute Gasteiger partial charge is 0.378 e. The molecule has 2 aromatic rings. The molecule has 26 heavy (non-hydrogen) atoms. The van der Waals surface area contributed by atoms with E-state index in [1.807, 2.05) is 58.0 Å². The topological polar surface area (TPSA) is 90.1 Å². The number of aromatic nitrogens is 2. The van der Waals surface area contributed by atoms with Crippen LogP contribution in [0.4, 0.5) is 5.69 Å². The van der Waals surface area contributed by atoms with Crippen LogP contribution in [0.15, 0.2) is 36.5 Å². The van der Waals surface area contributed by atoms with Gasteiger partial charge in [0, 0.05) is 35.9 Å². The van der Waals surface area contributed by atoms with Crippen LogP contribution in [0.3, 0.4) is 0 Å². The average Bonchev–Trinajstić information content (AvgIpc) is 2.61. The number of rotatable bonds is 5. The van der Waals surface area contributed by atoms with Gasteiger partial charge in [0.1, 0.15) is 11.4 Å². The van der Waals surface area contributed by atoms with Crippen LogP contribution in [0.2, 0.25) is 0 Å². The summed E-state index contributed by atoms with van der Waals surface area (Å²) in [4.78, 5) is 21.4. The van der Waals surface area contributed by atoms with Crippen molar-refractivity contribution in [1.29, 1.82) is 0 Å². The van der Waals surface area contributed by atoms with Crippen LogP contribution in [0.5, 0.6) is 0 Å². The van der Waals surface area contributed by atoms with Crippen molar-refractivity contribution >= 4 is 11.6 Å². The predicted molar refractivity (Wildman–Crippen MR) is 102 cm³/mol.